The third-order valence-corrected chi connectivity index (χ3v) is 5.79. The number of thiazole rings is 1. The SMILES string of the molecule is NCC1CCCCC1NC(=O)CCCc1nc2ccccc2s1. The van der Waals surface area contributed by atoms with Gasteiger partial charge >= 0.3 is 0 Å². The Hall–Kier alpha value is -1.46. The van der Waals surface area contributed by atoms with Crippen LogP contribution in [0.1, 0.15) is 43.5 Å². The first-order chi connectivity index (χ1) is 11.3. The van der Waals surface area contributed by atoms with Crippen molar-refractivity contribution in [2.75, 3.05) is 6.54 Å². The van der Waals surface area contributed by atoms with Gasteiger partial charge in [0, 0.05) is 12.5 Å². The van der Waals surface area contributed by atoms with E-state index in [1.54, 1.807) is 11.3 Å². The zero-order valence-electron chi connectivity index (χ0n) is 13.5. The van der Waals surface area contributed by atoms with E-state index in [2.05, 4.69) is 16.4 Å². The number of aromatic nitrogens is 1. The highest BCUT2D eigenvalue weighted by Crippen LogP contribution is 2.24. The van der Waals surface area contributed by atoms with Crippen molar-refractivity contribution in [2.45, 2.75) is 51.0 Å². The van der Waals surface area contributed by atoms with Gasteiger partial charge in [0.2, 0.25) is 5.91 Å². The van der Waals surface area contributed by atoms with E-state index in [9.17, 15) is 4.79 Å². The topological polar surface area (TPSA) is 68.0 Å². The molecule has 1 aliphatic carbocycles. The standard InChI is InChI=1S/C18H25N3OS/c19-12-13-6-1-2-7-14(13)20-17(22)10-5-11-18-21-15-8-3-4-9-16(15)23-18/h3-4,8-9,13-14H,1-2,5-7,10-12,19H2,(H,20,22). The van der Waals surface area contributed by atoms with Crippen molar-refractivity contribution in [1.82, 2.24) is 10.3 Å². The Bertz CT molecular complexity index is 622. The molecular weight excluding hydrogens is 306 g/mol. The van der Waals surface area contributed by atoms with Gasteiger partial charge in [-0.15, -0.1) is 11.3 Å². The Kier molecular flexibility index (Phi) is 5.62. The van der Waals surface area contributed by atoms with Crippen molar-refractivity contribution in [3.63, 3.8) is 0 Å². The lowest BCUT2D eigenvalue weighted by Crippen LogP contribution is -2.44. The maximum atomic E-state index is 12.2. The molecule has 3 rings (SSSR count). The summed E-state index contributed by atoms with van der Waals surface area (Å²) in [5.41, 5.74) is 6.88. The molecule has 5 heteroatoms. The van der Waals surface area contributed by atoms with Gasteiger partial charge in [-0.25, -0.2) is 4.98 Å². The fourth-order valence-electron chi connectivity index (χ4n) is 3.39. The van der Waals surface area contributed by atoms with Crippen molar-refractivity contribution in [1.29, 1.82) is 0 Å². The average Bonchev–Trinajstić information content (AvgIpc) is 2.98. The summed E-state index contributed by atoms with van der Waals surface area (Å²) in [6.07, 6.45) is 6.96. The lowest BCUT2D eigenvalue weighted by molar-refractivity contribution is -0.122. The first kappa shape index (κ1) is 16.4. The minimum Gasteiger partial charge on any atom is -0.353 e. The average molecular weight is 331 g/mol. The lowest BCUT2D eigenvalue weighted by Gasteiger charge is -2.31. The molecule has 23 heavy (non-hydrogen) atoms. The highest BCUT2D eigenvalue weighted by Gasteiger charge is 2.24. The Morgan fingerprint density at radius 3 is 2.96 bits per heavy atom. The van der Waals surface area contributed by atoms with Crippen LogP contribution in [0.15, 0.2) is 24.3 Å². The minimum atomic E-state index is 0.163. The second-order valence-electron chi connectivity index (χ2n) is 6.38. The zero-order chi connectivity index (χ0) is 16.1. The Morgan fingerprint density at radius 1 is 1.30 bits per heavy atom. The lowest BCUT2D eigenvalue weighted by atomic mass is 9.84. The molecule has 1 amide bonds. The molecule has 1 heterocycles. The minimum absolute atomic E-state index is 0.163. The third kappa shape index (κ3) is 4.30. The normalized spacial score (nSPS) is 21.4. The van der Waals surface area contributed by atoms with E-state index in [0.29, 0.717) is 18.9 Å². The fourth-order valence-corrected chi connectivity index (χ4v) is 4.39. The highest BCUT2D eigenvalue weighted by molar-refractivity contribution is 7.18. The second-order valence-corrected chi connectivity index (χ2v) is 7.50. The van der Waals surface area contributed by atoms with Gasteiger partial charge < -0.3 is 11.1 Å². The van der Waals surface area contributed by atoms with Gasteiger partial charge in [-0.1, -0.05) is 25.0 Å². The van der Waals surface area contributed by atoms with Crippen LogP contribution in [0.2, 0.25) is 0 Å². The molecule has 2 unspecified atom stereocenters. The van der Waals surface area contributed by atoms with Crippen LogP contribution in [0.3, 0.4) is 0 Å². The maximum Gasteiger partial charge on any atom is 0.220 e. The van der Waals surface area contributed by atoms with Crippen molar-refractivity contribution in [3.8, 4) is 0 Å². The number of nitrogens with zero attached hydrogens (tertiary/aromatic N) is 1. The van der Waals surface area contributed by atoms with Crippen LogP contribution in [0.4, 0.5) is 0 Å². The van der Waals surface area contributed by atoms with Crippen molar-refractivity contribution in [3.05, 3.63) is 29.3 Å². The quantitative estimate of drug-likeness (QED) is 0.854. The van der Waals surface area contributed by atoms with Crippen LogP contribution in [0.5, 0.6) is 0 Å². The first-order valence-corrected chi connectivity index (χ1v) is 9.42. The number of hydrogen-bond donors (Lipinski definition) is 2. The van der Waals surface area contributed by atoms with Crippen molar-refractivity contribution < 1.29 is 4.79 Å². The van der Waals surface area contributed by atoms with Gasteiger partial charge in [-0.3, -0.25) is 4.79 Å². The summed E-state index contributed by atoms with van der Waals surface area (Å²) in [5.74, 6) is 0.619. The molecule has 4 nitrogen and oxygen atoms in total. The molecule has 124 valence electrons. The molecule has 3 N–H and O–H groups in total. The molecule has 1 saturated carbocycles. The van der Waals surface area contributed by atoms with Gasteiger partial charge in [0.1, 0.15) is 0 Å². The summed E-state index contributed by atoms with van der Waals surface area (Å²) in [7, 11) is 0. The predicted molar refractivity (Wildman–Crippen MR) is 95.5 cm³/mol. The number of nitrogens with two attached hydrogens (primary N) is 1. The molecule has 2 atom stereocenters. The monoisotopic (exact) mass is 331 g/mol. The van der Waals surface area contributed by atoms with Crippen LogP contribution < -0.4 is 11.1 Å². The van der Waals surface area contributed by atoms with E-state index in [0.717, 1.165) is 36.2 Å². The van der Waals surface area contributed by atoms with E-state index in [1.807, 2.05) is 18.2 Å². The largest absolute Gasteiger partial charge is 0.353 e. The smallest absolute Gasteiger partial charge is 0.220 e. The molecule has 1 aromatic carbocycles. The number of hydrogen-bond acceptors (Lipinski definition) is 4. The van der Waals surface area contributed by atoms with Crippen LogP contribution in [0.25, 0.3) is 10.2 Å². The van der Waals surface area contributed by atoms with Crippen molar-refractivity contribution >= 4 is 27.5 Å². The number of rotatable bonds is 6. The number of fused-ring (bicyclic) bond motifs is 1. The van der Waals surface area contributed by atoms with Gasteiger partial charge in [-0.05, 0) is 50.3 Å². The molecule has 0 saturated heterocycles. The molecule has 2 aromatic rings. The Balaban J connectivity index is 1.45. The summed E-state index contributed by atoms with van der Waals surface area (Å²) >= 11 is 1.73. The van der Waals surface area contributed by atoms with E-state index < -0.39 is 0 Å². The van der Waals surface area contributed by atoms with Crippen LogP contribution in [0, 0.1) is 5.92 Å². The summed E-state index contributed by atoms with van der Waals surface area (Å²) in [5, 5.41) is 4.32. The summed E-state index contributed by atoms with van der Waals surface area (Å²) in [4.78, 5) is 16.8. The molecule has 0 spiro atoms. The number of nitrogens with one attached hydrogen (secondary N) is 1. The second kappa shape index (κ2) is 7.88. The summed E-state index contributed by atoms with van der Waals surface area (Å²) < 4.78 is 1.22. The van der Waals surface area contributed by atoms with E-state index in [-0.39, 0.29) is 11.9 Å². The Morgan fingerprint density at radius 2 is 2.13 bits per heavy atom. The summed E-state index contributed by atoms with van der Waals surface area (Å²) in [6.45, 7) is 0.677. The van der Waals surface area contributed by atoms with E-state index in [4.69, 9.17) is 5.73 Å². The van der Waals surface area contributed by atoms with Crippen LogP contribution in [-0.4, -0.2) is 23.5 Å². The molecule has 1 fully saturated rings. The predicted octanol–water partition coefficient (Wildman–Crippen LogP) is 3.25. The van der Waals surface area contributed by atoms with Crippen LogP contribution >= 0.6 is 11.3 Å². The number of carbonyl (C=O) groups is 1. The van der Waals surface area contributed by atoms with E-state index >= 15 is 0 Å². The molecule has 0 bridgehead atoms. The number of carbonyl (C=O) groups excluding carboxylic acids is 1. The number of aryl methyl sites for hydroxylation is 1. The molecule has 1 aromatic heterocycles. The molecule has 0 radical (unpaired) electrons. The maximum absolute atomic E-state index is 12.2. The number of benzene rings is 1. The molecular formula is C18H25N3OS. The van der Waals surface area contributed by atoms with Crippen LogP contribution in [-0.2, 0) is 11.2 Å². The number of para-hydroxylation sites is 1. The fraction of sp³-hybridized carbons (Fsp3) is 0.556. The van der Waals surface area contributed by atoms with Gasteiger partial charge in [0.05, 0.1) is 15.2 Å². The summed E-state index contributed by atoms with van der Waals surface area (Å²) in [6, 6.07) is 8.47. The van der Waals surface area contributed by atoms with Gasteiger partial charge in [0.15, 0.2) is 0 Å². The first-order valence-electron chi connectivity index (χ1n) is 8.60. The van der Waals surface area contributed by atoms with E-state index in [1.165, 1.54) is 17.5 Å². The number of amides is 1. The zero-order valence-corrected chi connectivity index (χ0v) is 14.3. The third-order valence-electron chi connectivity index (χ3n) is 4.69. The van der Waals surface area contributed by atoms with Gasteiger partial charge in [0.25, 0.3) is 0 Å². The van der Waals surface area contributed by atoms with Gasteiger partial charge in [-0.2, -0.15) is 0 Å². The highest BCUT2D eigenvalue weighted by atomic mass is 32.1. The van der Waals surface area contributed by atoms with Crippen molar-refractivity contribution in [2.24, 2.45) is 11.7 Å². The molecule has 1 aliphatic rings. The molecule has 0 aliphatic heterocycles. The Labute approximate surface area is 141 Å².